The first-order valence-electron chi connectivity index (χ1n) is 6.19. The predicted molar refractivity (Wildman–Crippen MR) is 77.6 cm³/mol. The molecule has 1 N–H and O–H groups in total. The minimum Gasteiger partial charge on any atom is -0.373 e. The van der Waals surface area contributed by atoms with Gasteiger partial charge in [-0.1, -0.05) is 31.5 Å². The van der Waals surface area contributed by atoms with E-state index in [1.807, 2.05) is 30.1 Å². The van der Waals surface area contributed by atoms with E-state index in [0.29, 0.717) is 23.9 Å². The summed E-state index contributed by atoms with van der Waals surface area (Å²) in [5.41, 5.74) is 2.09. The summed E-state index contributed by atoms with van der Waals surface area (Å²) < 4.78 is 0. The number of hydrogen-bond acceptors (Lipinski definition) is 3. The Kier molecular flexibility index (Phi) is 5.83. The Labute approximate surface area is 118 Å². The number of carbonyl (C=O) groups excluding carboxylic acids is 2. The Morgan fingerprint density at radius 1 is 1.47 bits per heavy atom. The highest BCUT2D eigenvalue weighted by Crippen LogP contribution is 2.29. The van der Waals surface area contributed by atoms with E-state index in [-0.39, 0.29) is 12.3 Å². The summed E-state index contributed by atoms with van der Waals surface area (Å²) in [5.74, 6) is 0.126. The monoisotopic (exact) mass is 282 g/mol. The van der Waals surface area contributed by atoms with Gasteiger partial charge in [0, 0.05) is 20.0 Å². The first-order valence-corrected chi connectivity index (χ1v) is 6.57. The lowest BCUT2D eigenvalue weighted by molar-refractivity contribution is -0.125. The molecule has 0 bridgehead atoms. The molecule has 19 heavy (non-hydrogen) atoms. The van der Waals surface area contributed by atoms with Crippen LogP contribution < -0.4 is 10.2 Å². The van der Waals surface area contributed by atoms with Crippen molar-refractivity contribution in [3.05, 3.63) is 28.8 Å². The molecule has 0 aromatic heterocycles. The normalized spacial score (nSPS) is 10.4. The van der Waals surface area contributed by atoms with Crippen molar-refractivity contribution >= 4 is 29.6 Å². The minimum atomic E-state index is -0.294. The topological polar surface area (TPSA) is 49.4 Å². The molecule has 104 valence electrons. The summed E-state index contributed by atoms with van der Waals surface area (Å²) >= 11 is 6.17. The number of nitrogens with zero attached hydrogens (tertiary/aromatic N) is 1. The molecule has 4 nitrogen and oxygen atoms in total. The molecule has 2 amide bonds. The molecule has 0 heterocycles. The maximum absolute atomic E-state index is 11.2. The predicted octanol–water partition coefficient (Wildman–Crippen LogP) is 2.56. The number of nitrogens with one attached hydrogen (secondary N) is 1. The zero-order chi connectivity index (χ0) is 14.4. The molecule has 1 aromatic carbocycles. The lowest BCUT2D eigenvalue weighted by Crippen LogP contribution is -2.28. The highest BCUT2D eigenvalue weighted by atomic mass is 35.5. The summed E-state index contributed by atoms with van der Waals surface area (Å²) in [4.78, 5) is 23.3. The number of imide groups is 1. The van der Waals surface area contributed by atoms with E-state index in [9.17, 15) is 9.59 Å². The number of halogens is 1. The third-order valence-electron chi connectivity index (χ3n) is 2.94. The summed E-state index contributed by atoms with van der Waals surface area (Å²) in [6.45, 7) is 4.73. The van der Waals surface area contributed by atoms with Crippen LogP contribution in [0.2, 0.25) is 5.02 Å². The maximum Gasteiger partial charge on any atom is 0.228 e. The van der Waals surface area contributed by atoms with Gasteiger partial charge in [0.05, 0.1) is 10.7 Å². The first kappa shape index (κ1) is 15.5. The smallest absolute Gasteiger partial charge is 0.228 e. The summed E-state index contributed by atoms with van der Waals surface area (Å²) in [6.07, 6.45) is 0.645. The number of amides is 2. The average molecular weight is 283 g/mol. The molecule has 5 heteroatoms. The van der Waals surface area contributed by atoms with Crippen LogP contribution in [0.3, 0.4) is 0 Å². The van der Waals surface area contributed by atoms with E-state index in [2.05, 4.69) is 19.2 Å². The number of hydrogen-bond donors (Lipinski definition) is 1. The Bertz CT molecular complexity index is 461. The van der Waals surface area contributed by atoms with Gasteiger partial charge in [-0.05, 0) is 23.6 Å². The zero-order valence-corrected chi connectivity index (χ0v) is 12.2. The van der Waals surface area contributed by atoms with E-state index in [1.165, 1.54) is 5.56 Å². The minimum absolute atomic E-state index is 0.247. The first-order chi connectivity index (χ1) is 8.95. The van der Waals surface area contributed by atoms with Crippen LogP contribution in [0, 0.1) is 0 Å². The molecule has 0 aliphatic heterocycles. The molecule has 0 aliphatic rings. The maximum atomic E-state index is 11.2. The highest BCUT2D eigenvalue weighted by Gasteiger charge is 2.10. The van der Waals surface area contributed by atoms with E-state index in [0.717, 1.165) is 5.69 Å². The van der Waals surface area contributed by atoms with Crippen molar-refractivity contribution in [1.29, 1.82) is 0 Å². The van der Waals surface area contributed by atoms with E-state index in [4.69, 9.17) is 11.6 Å². The second-order valence-electron chi connectivity index (χ2n) is 4.72. The quantitative estimate of drug-likeness (QED) is 0.816. The van der Waals surface area contributed by atoms with Crippen LogP contribution in [-0.4, -0.2) is 25.9 Å². The van der Waals surface area contributed by atoms with E-state index in [1.54, 1.807) is 0 Å². The van der Waals surface area contributed by atoms with Crippen LogP contribution in [0.1, 0.15) is 31.7 Å². The number of benzene rings is 1. The van der Waals surface area contributed by atoms with Crippen molar-refractivity contribution in [2.75, 3.05) is 18.5 Å². The molecular formula is C14H19ClN2O2. The molecular weight excluding hydrogens is 264 g/mol. The molecule has 0 aliphatic carbocycles. The Hall–Kier alpha value is -1.55. The fourth-order valence-corrected chi connectivity index (χ4v) is 1.97. The van der Waals surface area contributed by atoms with Crippen LogP contribution in [0.5, 0.6) is 0 Å². The van der Waals surface area contributed by atoms with Gasteiger partial charge < -0.3 is 4.90 Å². The van der Waals surface area contributed by atoms with Gasteiger partial charge >= 0.3 is 0 Å². The molecule has 0 radical (unpaired) electrons. The van der Waals surface area contributed by atoms with Gasteiger partial charge in [0.15, 0.2) is 0 Å². The van der Waals surface area contributed by atoms with Crippen LogP contribution in [0.25, 0.3) is 0 Å². The van der Waals surface area contributed by atoms with Crippen molar-refractivity contribution in [3.8, 4) is 0 Å². The van der Waals surface area contributed by atoms with Gasteiger partial charge in [-0.15, -0.1) is 0 Å². The molecule has 0 unspecified atom stereocenters. The van der Waals surface area contributed by atoms with Gasteiger partial charge in [-0.2, -0.15) is 0 Å². The number of rotatable bonds is 6. The highest BCUT2D eigenvalue weighted by molar-refractivity contribution is 6.33. The number of anilines is 1. The Morgan fingerprint density at radius 3 is 2.74 bits per heavy atom. The van der Waals surface area contributed by atoms with Gasteiger partial charge in [-0.3, -0.25) is 14.9 Å². The van der Waals surface area contributed by atoms with Gasteiger partial charge in [0.1, 0.15) is 0 Å². The van der Waals surface area contributed by atoms with Gasteiger partial charge in [0.2, 0.25) is 12.3 Å². The van der Waals surface area contributed by atoms with Crippen LogP contribution in [0.4, 0.5) is 5.69 Å². The number of carbonyl (C=O) groups is 2. The second kappa shape index (κ2) is 7.14. The second-order valence-corrected chi connectivity index (χ2v) is 5.13. The molecule has 1 aromatic rings. The lowest BCUT2D eigenvalue weighted by Gasteiger charge is -2.21. The molecule has 0 saturated carbocycles. The van der Waals surface area contributed by atoms with Crippen molar-refractivity contribution in [3.63, 3.8) is 0 Å². The molecule has 0 fully saturated rings. The van der Waals surface area contributed by atoms with Crippen molar-refractivity contribution in [2.24, 2.45) is 0 Å². The van der Waals surface area contributed by atoms with Gasteiger partial charge in [0.25, 0.3) is 0 Å². The Morgan fingerprint density at radius 2 is 2.16 bits per heavy atom. The fourth-order valence-electron chi connectivity index (χ4n) is 1.71. The summed E-state index contributed by atoms with van der Waals surface area (Å²) in [5, 5.41) is 2.77. The zero-order valence-electron chi connectivity index (χ0n) is 11.4. The van der Waals surface area contributed by atoms with Crippen LogP contribution in [-0.2, 0) is 9.59 Å². The third kappa shape index (κ3) is 4.56. The largest absolute Gasteiger partial charge is 0.373 e. The molecule has 0 spiro atoms. The van der Waals surface area contributed by atoms with Crippen molar-refractivity contribution in [2.45, 2.75) is 26.2 Å². The van der Waals surface area contributed by atoms with Crippen molar-refractivity contribution in [1.82, 2.24) is 5.32 Å². The van der Waals surface area contributed by atoms with Crippen molar-refractivity contribution < 1.29 is 9.59 Å². The fraction of sp³-hybridized carbons (Fsp3) is 0.429. The molecule has 0 saturated heterocycles. The summed E-state index contributed by atoms with van der Waals surface area (Å²) in [7, 11) is 1.87. The Balaban J connectivity index is 2.75. The van der Waals surface area contributed by atoms with Gasteiger partial charge in [-0.25, -0.2) is 0 Å². The average Bonchev–Trinajstić information content (AvgIpc) is 2.36. The van der Waals surface area contributed by atoms with Crippen LogP contribution in [0.15, 0.2) is 18.2 Å². The van der Waals surface area contributed by atoms with E-state index >= 15 is 0 Å². The molecule has 0 atom stereocenters. The SMILES string of the molecule is CC(C)c1ccc(Cl)c(N(C)CCC(=O)NC=O)c1. The third-order valence-corrected chi connectivity index (χ3v) is 3.26. The summed E-state index contributed by atoms with van der Waals surface area (Å²) in [6, 6.07) is 5.91. The standard InChI is InChI=1S/C14H19ClN2O2/c1-10(2)11-4-5-12(15)13(8-11)17(3)7-6-14(19)16-9-18/h4-5,8-10H,6-7H2,1-3H3,(H,16,18,19). The molecule has 1 rings (SSSR count). The van der Waals surface area contributed by atoms with E-state index < -0.39 is 0 Å². The lowest BCUT2D eigenvalue weighted by atomic mass is 10.0. The van der Waals surface area contributed by atoms with Crippen LogP contribution >= 0.6 is 11.6 Å².